The predicted molar refractivity (Wildman–Crippen MR) is 436 cm³/mol. The third-order valence-corrected chi connectivity index (χ3v) is 11.2. The van der Waals surface area contributed by atoms with E-state index in [0.29, 0.717) is 16.2 Å². The number of aromatic nitrogens is 6. The van der Waals surface area contributed by atoms with Crippen LogP contribution < -0.4 is 5.73 Å². The Kier molecular flexibility index (Phi) is 141. The molecule has 0 saturated carbocycles. The standard InChI is InChI=1S/C10H13N3OS.C7H6N4S.C7H13NO.C6H11NO.C6H11N.C5H9N.C4H7N.C3H9N.7C2H3N.2C2H4O.CH2O2.6B/c1-8(9-3-2-4-12-9)14-10(15)13-6-5-11-7-13;12-7(10-3-1-8-5-10)11-4-2-9-6-11;1-5-3-4-8-7(5)6(2)9;1-5(8)6-3-2-4-7-6;1-2-6-4-3-5-7-6;1-5-2-3-6-4-5;1-2-4-5-3-1;1-2-3-4;7*1-3-2;2*1-2-3;2-1-3;;;;;;/h5-8H,2-4H2,1H3;1-6H;5-6,9H,3-4H2,1-2H3;5,8H,2-4H2,1H3;2-5H2,1H3;4-5H,2-3H2,1H3;3H,1-2,4H2;2-4H2,1H3;7*1H3;2*2H,1H3;1H,(H,2,3);;;;;;. The smallest absolute Gasteiger partial charge is 0.290 e. The van der Waals surface area contributed by atoms with Gasteiger partial charge < -0.3 is 69.3 Å². The van der Waals surface area contributed by atoms with Crippen LogP contribution in [0, 0.1) is 57.8 Å². The first kappa shape index (κ1) is 130. The minimum Gasteiger partial charge on any atom is -0.483 e. The van der Waals surface area contributed by atoms with Gasteiger partial charge in [-0.1, -0.05) is 27.7 Å². The molecular weight excluding hydrogens is 1330 g/mol. The minimum atomic E-state index is -0.331. The number of hydrogen-bond acceptors (Lipinski definition) is 18. The summed E-state index contributed by atoms with van der Waals surface area (Å²) in [5.74, 6) is 1.26. The molecule has 9 heterocycles. The summed E-state index contributed by atoms with van der Waals surface area (Å²) in [4.78, 5) is 81.9. The number of carboxylic acid groups (broad SMARTS) is 1. The zero-order valence-corrected chi connectivity index (χ0v) is 64.9. The first-order valence-electron chi connectivity index (χ1n) is 30.6. The number of ether oxygens (including phenoxy) is 1. The normalized spacial score (nSPS) is 13.6. The number of thiocarbonyl (C=S) groups is 2. The minimum absolute atomic E-state index is 0. The fourth-order valence-corrected chi connectivity index (χ4v) is 6.98. The van der Waals surface area contributed by atoms with Crippen molar-refractivity contribution < 1.29 is 34.4 Å². The highest BCUT2D eigenvalue weighted by Gasteiger charge is 2.20. The number of nitrogens with zero attached hydrogens (tertiary/aromatic N) is 19. The van der Waals surface area contributed by atoms with Gasteiger partial charge in [-0.15, -0.1) is 0 Å². The average molecular weight is 1440 g/mol. The molecule has 0 saturated heterocycles. The lowest BCUT2D eigenvalue weighted by atomic mass is 10.0. The number of nitrogens with two attached hydrogens (primary N) is 1. The number of carbonyl (C=O) groups is 3. The molecule has 0 aromatic carbocycles. The van der Waals surface area contributed by atoms with Crippen molar-refractivity contribution in [2.24, 2.45) is 47.5 Å². The molecule has 18 radical (unpaired) electrons. The maximum atomic E-state index is 9.09. The Labute approximate surface area is 635 Å². The van der Waals surface area contributed by atoms with Crippen molar-refractivity contribution in [2.75, 3.05) is 95.1 Å². The summed E-state index contributed by atoms with van der Waals surface area (Å²) in [7, 11) is 9.92. The second kappa shape index (κ2) is 111. The van der Waals surface area contributed by atoms with Crippen LogP contribution in [0.3, 0.4) is 0 Å². The van der Waals surface area contributed by atoms with Gasteiger partial charge in [0.15, 0.2) is 5.11 Å². The monoisotopic (exact) mass is 1440 g/mol. The van der Waals surface area contributed by atoms with Gasteiger partial charge in [0.2, 0.25) is 49.3 Å². The van der Waals surface area contributed by atoms with Crippen molar-refractivity contribution in [1.82, 2.24) is 28.7 Å². The van der Waals surface area contributed by atoms with Crippen molar-refractivity contribution in [3.8, 4) is 0 Å². The van der Waals surface area contributed by atoms with Gasteiger partial charge in [-0.2, -0.15) is 0 Å². The van der Waals surface area contributed by atoms with Crippen LogP contribution in [0.15, 0.2) is 86.1 Å². The van der Waals surface area contributed by atoms with E-state index in [-0.39, 0.29) is 75.3 Å². The Morgan fingerprint density at radius 2 is 0.961 bits per heavy atom. The third-order valence-electron chi connectivity index (χ3n) is 10.5. The van der Waals surface area contributed by atoms with Crippen LogP contribution in [0.1, 0.15) is 139 Å². The Morgan fingerprint density at radius 3 is 1.15 bits per heavy atom. The van der Waals surface area contributed by atoms with E-state index in [1.54, 1.807) is 83.7 Å². The molecule has 3 aromatic rings. The highest BCUT2D eigenvalue weighted by Crippen LogP contribution is 2.15. The summed E-state index contributed by atoms with van der Waals surface area (Å²) in [5.41, 5.74) is 9.51. The number of rotatable bonds is 6. The van der Waals surface area contributed by atoms with Gasteiger partial charge in [0.1, 0.15) is 37.7 Å². The van der Waals surface area contributed by atoms with Crippen LogP contribution in [-0.2, 0) is 19.1 Å². The molecular formula is C67H110B6N20O7S2. The maximum Gasteiger partial charge on any atom is 0.290 e. The van der Waals surface area contributed by atoms with Gasteiger partial charge in [-0.05, 0) is 161 Å². The molecule has 0 spiro atoms. The molecule has 6 aliphatic rings. The third kappa shape index (κ3) is 99.8. The van der Waals surface area contributed by atoms with Crippen LogP contribution in [0.2, 0.25) is 0 Å². The van der Waals surface area contributed by atoms with Crippen molar-refractivity contribution in [3.63, 3.8) is 0 Å². The fourth-order valence-electron chi connectivity index (χ4n) is 6.51. The lowest BCUT2D eigenvalue weighted by Crippen LogP contribution is -2.25. The number of imidazole rings is 3. The summed E-state index contributed by atoms with van der Waals surface area (Å²) in [6.07, 6.45) is 34.1. The summed E-state index contributed by atoms with van der Waals surface area (Å²) >= 11 is 10.3. The first-order valence-corrected chi connectivity index (χ1v) is 31.4. The molecule has 9 rings (SSSR count). The molecule has 3 aromatic heterocycles. The Balaban J connectivity index is -0.0000000623. The highest BCUT2D eigenvalue weighted by molar-refractivity contribution is 7.80. The van der Waals surface area contributed by atoms with E-state index in [2.05, 4.69) is 107 Å². The fraction of sp³-hybridized carbons (Fsp3) is 0.597. The van der Waals surface area contributed by atoms with Crippen molar-refractivity contribution >= 4 is 140 Å². The highest BCUT2D eigenvalue weighted by atomic mass is 32.1. The maximum absolute atomic E-state index is 9.09. The summed E-state index contributed by atoms with van der Waals surface area (Å²) in [6, 6.07) is 0. The number of aliphatic imine (C=N–C) groups is 6. The Bertz CT molecular complexity index is 2630. The predicted octanol–water partition coefficient (Wildman–Crippen LogP) is 9.38. The van der Waals surface area contributed by atoms with Crippen LogP contribution in [-0.4, -0.2) is 273 Å². The van der Waals surface area contributed by atoms with Gasteiger partial charge in [-0.3, -0.25) is 48.5 Å². The van der Waals surface area contributed by atoms with Gasteiger partial charge in [0.25, 0.3) is 11.6 Å². The zero-order chi connectivity index (χ0) is 75.4. The van der Waals surface area contributed by atoms with Crippen molar-refractivity contribution in [1.29, 1.82) is 0 Å². The molecule has 6 aliphatic heterocycles. The Morgan fingerprint density at radius 1 is 0.588 bits per heavy atom. The molecule has 0 bridgehead atoms. The molecule has 0 amide bonds. The van der Waals surface area contributed by atoms with Crippen molar-refractivity contribution in [2.45, 2.75) is 158 Å². The first-order chi connectivity index (χ1) is 46.0. The summed E-state index contributed by atoms with van der Waals surface area (Å²) < 4.78 is 10.8. The second-order valence-electron chi connectivity index (χ2n) is 18.4. The summed E-state index contributed by atoms with van der Waals surface area (Å²) in [5, 5.41) is 26.0. The number of aliphatic hydroxyl groups excluding tert-OH is 2. The average Bonchev–Trinajstić information content (AvgIpc) is 1.74. The number of aliphatic hydroxyl groups is 2. The molecule has 0 aliphatic carbocycles. The second-order valence-corrected chi connectivity index (χ2v) is 19.1. The van der Waals surface area contributed by atoms with Crippen LogP contribution in [0.5, 0.6) is 0 Å². The zero-order valence-electron chi connectivity index (χ0n) is 63.2. The lowest BCUT2D eigenvalue weighted by molar-refractivity contribution is -0.123. The molecule has 5 atom stereocenters. The molecule has 550 valence electrons. The molecule has 5 N–H and O–H groups in total. The molecule has 27 nitrogen and oxygen atoms in total. The number of carbonyl (C=O) groups excluding carboxylic acids is 2. The Hall–Kier alpha value is -8.86. The number of aldehydes is 2. The van der Waals surface area contributed by atoms with E-state index in [1.807, 2.05) is 19.4 Å². The van der Waals surface area contributed by atoms with Gasteiger partial charge >= 0.3 is 0 Å². The van der Waals surface area contributed by atoms with Crippen LogP contribution in [0.4, 0.5) is 0 Å². The topological polar surface area (TPSA) is 305 Å². The van der Waals surface area contributed by atoms with E-state index in [0.717, 1.165) is 120 Å². The number of hydrogen-bond donors (Lipinski definition) is 4. The quantitative estimate of drug-likeness (QED) is 0.0775. The van der Waals surface area contributed by atoms with E-state index >= 15 is 0 Å². The molecule has 102 heavy (non-hydrogen) atoms. The van der Waals surface area contributed by atoms with Crippen molar-refractivity contribution in [3.05, 3.63) is 136 Å². The van der Waals surface area contributed by atoms with Crippen LogP contribution in [0.25, 0.3) is 33.9 Å². The lowest BCUT2D eigenvalue weighted by Gasteiger charge is -2.15. The van der Waals surface area contributed by atoms with E-state index in [9.17, 15) is 0 Å². The van der Waals surface area contributed by atoms with E-state index in [4.69, 9.17) is 111 Å². The SMILES string of the molecule is C1=NCCC1.CC(O)C1=NCCC1.CC(O)C1=NCCC1C.CC(OC(=S)n1ccnc1)C1=NCCC1.CC1C=NCC1.CC=O.CC=O.CCC1=NCCC1.CCCN.O=CO.S=C(n1ccnc1)n1ccnc1.[B].[B].[B].[B].[B].[B].[C-]#[N+]C.[C-]#[N+]C.[C-]#[N+]C.[C-]#[N+]C.[C-]#[N+]C.[C-]#[N+]C.[C-]#[N+]C. The van der Waals surface area contributed by atoms with E-state index in [1.165, 1.54) is 107 Å². The van der Waals surface area contributed by atoms with Crippen LogP contribution >= 0.6 is 24.4 Å². The van der Waals surface area contributed by atoms with E-state index < -0.39 is 0 Å². The molecule has 5 unspecified atom stereocenters. The molecule has 35 heteroatoms. The summed E-state index contributed by atoms with van der Waals surface area (Å²) in [6.45, 7) is 64.3. The van der Waals surface area contributed by atoms with Gasteiger partial charge in [0.05, 0.1) is 17.9 Å². The largest absolute Gasteiger partial charge is 0.483 e. The molecule has 0 fully saturated rings. The van der Waals surface area contributed by atoms with Gasteiger partial charge in [0, 0.05) is 150 Å². The van der Waals surface area contributed by atoms with Gasteiger partial charge in [-0.25, -0.2) is 61.0 Å².